The molecule has 1 aliphatic heterocycles. The van der Waals surface area contributed by atoms with Crippen molar-refractivity contribution in [1.82, 2.24) is 81.9 Å². The standard InChI is InChI=1S/C15H17Cl2F3N6O.C11H21F3N2O3.C9H14ClF3N6O.C8H18N2O2.C6H5BCl2O2.C6H13F3N2O.C3H2Cl2N4.C3H3F3O.ClH/c1-26(6-5-22-7-10(27)15(18,19)20)14-23-13(21)12(24-25-14)8-3-2-4-9(16)11(8)17;1-10(2,3)19-9(18)16(4)6-5-15-7-8(17)11(12,13)14;1-19(8-16-7(14)6(10)17-18-8)3-2-15-4-5(20)9(11,12)13;1-8(2,3)12-7(11)10(4)6-5-9;8-5-3-1-2-4(6(5)9)7(10)11;1-10-2-3-11-4-5(12)6(7,8)9;4-1-2(6)7-3(5)9-8-1;4-3(5,6)2-1-7-2;/h2-4,10,22,27H,5-7H2,1H3,(H2,21,23,25);8,15,17H,5-7H2,1-4H3;5,15,20H,2-4H2,1H3,(H2,14,16,18);5-6,9H2,1-4H3;1-3,10-11H;5,10-12H,2-4H2,1H3;(H2,6,7,9);2H,1H2;1H/t10-;8-;5-;;;5-;;2-;/m111..1.1./s1. The molecule has 5 atom stereocenters. The first-order valence-electron chi connectivity index (χ1n) is 33.4. The second kappa shape index (κ2) is 55.8. The number of amides is 2. The largest absolute Gasteiger partial charge is 0.490 e. The summed E-state index contributed by atoms with van der Waals surface area (Å²) in [6, 6.07) is 9.66. The van der Waals surface area contributed by atoms with E-state index in [4.69, 9.17) is 144 Å². The number of aliphatic hydroxyl groups is 4. The minimum Gasteiger partial charge on any atom is -0.444 e. The highest BCUT2D eigenvalue weighted by Gasteiger charge is 2.49. The van der Waals surface area contributed by atoms with Crippen molar-refractivity contribution in [1.29, 1.82) is 0 Å². The van der Waals surface area contributed by atoms with Gasteiger partial charge >= 0.3 is 50.2 Å². The van der Waals surface area contributed by atoms with Crippen molar-refractivity contribution in [2.24, 2.45) is 5.73 Å². The van der Waals surface area contributed by atoms with E-state index in [2.05, 4.69) is 76.9 Å². The van der Waals surface area contributed by atoms with Gasteiger partial charge in [-0.2, -0.15) is 80.8 Å². The van der Waals surface area contributed by atoms with E-state index in [0.717, 1.165) is 0 Å². The maximum absolute atomic E-state index is 12.2. The monoisotopic (exact) mass is 1890 g/mol. The molecule has 1 aliphatic rings. The highest BCUT2D eigenvalue weighted by molar-refractivity contribution is 6.64. The Morgan fingerprint density at radius 1 is 0.525 bits per heavy atom. The molecule has 4 heterocycles. The maximum atomic E-state index is 12.2. The maximum Gasteiger partial charge on any atom is 0.490 e. The van der Waals surface area contributed by atoms with Crippen molar-refractivity contribution in [3.05, 3.63) is 72.1 Å². The number of nitrogens with one attached hydrogen (secondary N) is 5. The van der Waals surface area contributed by atoms with Gasteiger partial charge in [-0.25, -0.2) is 9.59 Å². The van der Waals surface area contributed by atoms with Crippen LogP contribution in [0, 0.1) is 0 Å². The number of halogens is 23. The Morgan fingerprint density at radius 2 is 0.881 bits per heavy atom. The number of nitrogens with zero attached hydrogens (tertiary/aromatic N) is 13. The molecule has 0 aliphatic carbocycles. The fourth-order valence-corrected chi connectivity index (χ4v) is 7.82. The molecule has 2 amide bonds. The number of carbonyl (C=O) groups excluding carboxylic acids is 2. The molecular weight excluding hydrogens is 1800 g/mol. The molecule has 1 saturated heterocycles. The van der Waals surface area contributed by atoms with Crippen molar-refractivity contribution >= 4 is 148 Å². The number of carbonyl (C=O) groups is 2. The van der Waals surface area contributed by atoms with E-state index in [1.807, 2.05) is 20.8 Å². The Kier molecular flexibility index (Phi) is 54.8. The van der Waals surface area contributed by atoms with Crippen LogP contribution in [-0.2, 0) is 14.2 Å². The lowest BCUT2D eigenvalue weighted by atomic mass is 9.80. The number of likely N-dealkylation sites (N-methyl/N-ethyl adjacent to an activating group) is 5. The van der Waals surface area contributed by atoms with Crippen LogP contribution in [0.2, 0.25) is 35.7 Å². The first-order valence-corrected chi connectivity index (χ1v) is 36.1. The Hall–Kier alpha value is -6.18. The summed E-state index contributed by atoms with van der Waals surface area (Å²) in [6.07, 6.45) is -34.4. The highest BCUT2D eigenvalue weighted by Crippen LogP contribution is 2.35. The topological polar surface area (TPSA) is 480 Å². The van der Waals surface area contributed by atoms with Gasteiger partial charge in [0, 0.05) is 131 Å². The van der Waals surface area contributed by atoms with Crippen LogP contribution in [0.4, 0.5) is 105 Å². The van der Waals surface area contributed by atoms with Crippen molar-refractivity contribution in [3.63, 3.8) is 0 Å². The van der Waals surface area contributed by atoms with E-state index in [-0.39, 0.29) is 124 Å². The normalized spacial score (nSPS) is 13.5. The first-order chi connectivity index (χ1) is 53.5. The van der Waals surface area contributed by atoms with Gasteiger partial charge in [0.2, 0.25) is 17.2 Å². The van der Waals surface area contributed by atoms with E-state index in [1.165, 1.54) is 27.8 Å². The van der Waals surface area contributed by atoms with Crippen LogP contribution in [-0.4, -0.2) is 311 Å². The molecule has 19 N–H and O–H groups in total. The van der Waals surface area contributed by atoms with Crippen molar-refractivity contribution in [2.75, 3.05) is 160 Å². The zero-order chi connectivity index (χ0) is 91.0. The van der Waals surface area contributed by atoms with Gasteiger partial charge in [-0.15, -0.1) is 43.0 Å². The first kappa shape index (κ1) is 116. The lowest BCUT2D eigenvalue weighted by Gasteiger charge is -2.25. The molecular formula is C61H94BCl8F15N22O11. The van der Waals surface area contributed by atoms with Crippen molar-refractivity contribution in [2.45, 2.75) is 114 Å². The van der Waals surface area contributed by atoms with Crippen molar-refractivity contribution in [3.8, 4) is 11.3 Å². The number of nitrogen functional groups attached to an aromatic ring is 3. The van der Waals surface area contributed by atoms with Crippen LogP contribution in [0.5, 0.6) is 0 Å². The van der Waals surface area contributed by atoms with Gasteiger partial charge in [-0.3, -0.25) is 0 Å². The van der Waals surface area contributed by atoms with E-state index in [1.54, 1.807) is 84.2 Å². The number of nitrogens with two attached hydrogens (primary N) is 4. The second-order valence-electron chi connectivity index (χ2n) is 25.5. The van der Waals surface area contributed by atoms with Crippen LogP contribution >= 0.6 is 93.6 Å². The van der Waals surface area contributed by atoms with Crippen LogP contribution in [0.1, 0.15) is 41.5 Å². The fourth-order valence-electron chi connectivity index (χ4n) is 6.74. The smallest absolute Gasteiger partial charge is 0.444 e. The highest BCUT2D eigenvalue weighted by atomic mass is 35.5. The molecule has 1 fully saturated rings. The van der Waals surface area contributed by atoms with E-state index in [0.29, 0.717) is 48.3 Å². The number of benzene rings is 2. The molecule has 0 radical (unpaired) electrons. The summed E-state index contributed by atoms with van der Waals surface area (Å²) >= 11 is 39.6. The summed E-state index contributed by atoms with van der Waals surface area (Å²) in [7, 11) is 6.52. The molecule has 0 saturated carbocycles. The number of anilines is 5. The Balaban J connectivity index is -0.00000132. The number of rotatable bonds is 26. The summed E-state index contributed by atoms with van der Waals surface area (Å²) < 4.78 is 191. The molecule has 678 valence electrons. The van der Waals surface area contributed by atoms with Gasteiger partial charge in [0.25, 0.3) is 0 Å². The van der Waals surface area contributed by atoms with E-state index >= 15 is 0 Å². The molecule has 0 unspecified atom stereocenters. The zero-order valence-electron chi connectivity index (χ0n) is 64.6. The second-order valence-corrected chi connectivity index (χ2v) is 28.1. The minimum atomic E-state index is -4.65. The molecule has 2 aromatic carbocycles. The SMILES string of the molecule is CN(CCN)C(=O)OC(C)(C)C.CN(CCNC[C@@H](O)C(F)(F)F)C(=O)OC(C)(C)C.CN(CCNC[C@@H](O)C(F)(F)F)c1nnc(-c2cccc(Cl)c2Cl)c(N)n1.CN(CCNC[C@@H](O)C(F)(F)F)c1nnc(Cl)c(N)n1.CNCCNC[C@@H](O)C(F)(F)F.Cl.FC(F)(F)[C@H]1CO1.Nc1nc(Cl)nnc1Cl.OB(O)c1cccc(Cl)c1Cl. The number of aromatic nitrogens is 9. The quantitative estimate of drug-likeness (QED) is 0.0113. The van der Waals surface area contributed by atoms with Gasteiger partial charge in [-0.05, 0) is 72.3 Å². The number of hydrogen-bond acceptors (Lipinski definition) is 31. The molecule has 118 heavy (non-hydrogen) atoms. The van der Waals surface area contributed by atoms with Gasteiger partial charge in [0.1, 0.15) is 16.9 Å². The average Bonchev–Trinajstić information content (AvgIpc) is 1.32. The lowest BCUT2D eigenvalue weighted by molar-refractivity contribution is -0.202. The van der Waals surface area contributed by atoms with Gasteiger partial charge in [0.15, 0.2) is 58.3 Å². The summed E-state index contributed by atoms with van der Waals surface area (Å²) in [5.41, 5.74) is 21.8. The predicted octanol–water partition coefficient (Wildman–Crippen LogP) is 7.13. The Bertz CT molecular complexity index is 3680. The third kappa shape index (κ3) is 52.2. The van der Waals surface area contributed by atoms with Crippen LogP contribution in [0.3, 0.4) is 0 Å². The number of hydrogen-bond donors (Lipinski definition) is 15. The Labute approximate surface area is 709 Å². The fraction of sp³-hybridized carbons (Fsp3) is 0.623. The van der Waals surface area contributed by atoms with Crippen molar-refractivity contribution < 1.29 is 120 Å². The molecule has 57 heteroatoms. The summed E-state index contributed by atoms with van der Waals surface area (Å²) in [5.74, 6) is 0.578. The van der Waals surface area contributed by atoms with Crippen LogP contribution in [0.15, 0.2) is 36.4 Å². The van der Waals surface area contributed by atoms with E-state index < -0.39 is 112 Å². The average molecular weight is 1890 g/mol. The van der Waals surface area contributed by atoms with Gasteiger partial charge in [-0.1, -0.05) is 93.9 Å². The summed E-state index contributed by atoms with van der Waals surface area (Å²) in [5, 5.41) is 88.1. The molecule has 3 aromatic heterocycles. The predicted molar refractivity (Wildman–Crippen MR) is 420 cm³/mol. The number of epoxide rings is 1. The lowest BCUT2D eigenvalue weighted by Crippen LogP contribution is -2.42. The molecule has 0 spiro atoms. The number of alkyl halides is 15. The van der Waals surface area contributed by atoms with E-state index in [9.17, 15) is 75.4 Å². The van der Waals surface area contributed by atoms with Gasteiger partial charge < -0.3 is 114 Å². The van der Waals surface area contributed by atoms with Gasteiger partial charge in [0.05, 0.1) is 26.7 Å². The summed E-state index contributed by atoms with van der Waals surface area (Å²) in [4.78, 5) is 40.0. The van der Waals surface area contributed by atoms with Crippen LogP contribution in [0.25, 0.3) is 11.3 Å². The number of ether oxygens (including phenoxy) is 3. The molecule has 6 rings (SSSR count). The Morgan fingerprint density at radius 3 is 1.20 bits per heavy atom. The number of aliphatic hydroxyl groups excluding tert-OH is 4. The third-order valence-corrected chi connectivity index (χ3v) is 15.4. The molecule has 0 bridgehead atoms. The summed E-state index contributed by atoms with van der Waals surface area (Å²) in [6.45, 7) is 11.4. The molecule has 33 nitrogen and oxygen atoms in total. The van der Waals surface area contributed by atoms with Crippen LogP contribution < -0.4 is 64.8 Å². The molecule has 5 aromatic rings. The minimum absolute atomic E-state index is 0. The third-order valence-electron chi connectivity index (χ3n) is 13.0. The zero-order valence-corrected chi connectivity index (χ0v) is 70.7.